The van der Waals surface area contributed by atoms with Crippen LogP contribution in [0.2, 0.25) is 0 Å². The van der Waals surface area contributed by atoms with Gasteiger partial charge in [-0.05, 0) is 34.1 Å². The van der Waals surface area contributed by atoms with E-state index in [-0.39, 0.29) is 4.59 Å². The zero-order chi connectivity index (χ0) is 12.5. The van der Waals surface area contributed by atoms with Crippen LogP contribution in [-0.4, -0.2) is 29.0 Å². The Balaban J connectivity index is 4.74. The first-order valence-corrected chi connectivity index (χ1v) is 5.11. The largest absolute Gasteiger partial charge is 0.537 e. The Labute approximate surface area is 91.9 Å². The van der Waals surface area contributed by atoms with Crippen molar-refractivity contribution < 1.29 is 14.1 Å². The van der Waals surface area contributed by atoms with Gasteiger partial charge in [0.25, 0.3) is 0 Å². The van der Waals surface area contributed by atoms with Gasteiger partial charge >= 0.3 is 6.09 Å². The number of hydrogen-bond donors (Lipinski definition) is 2. The SMILES string of the molecule is CCC(C)(N)OC(=O)[N+](C)(N)C(C)(C)C. The number of carbonyl (C=O) groups excluding carboxylic acids is 1. The average Bonchev–Trinajstić information content (AvgIpc) is 2.01. The fourth-order valence-corrected chi connectivity index (χ4v) is 0.640. The summed E-state index contributed by atoms with van der Waals surface area (Å²) in [5.74, 6) is 5.91. The number of quaternary nitrogens is 1. The van der Waals surface area contributed by atoms with E-state index < -0.39 is 17.4 Å². The van der Waals surface area contributed by atoms with Crippen LogP contribution in [0.15, 0.2) is 0 Å². The highest BCUT2D eigenvalue weighted by Gasteiger charge is 2.44. The summed E-state index contributed by atoms with van der Waals surface area (Å²) in [5.41, 5.74) is 4.36. The van der Waals surface area contributed by atoms with Gasteiger partial charge in [0.05, 0.1) is 7.05 Å². The van der Waals surface area contributed by atoms with Gasteiger partial charge in [-0.25, -0.2) is 0 Å². The molecule has 0 fully saturated rings. The summed E-state index contributed by atoms with van der Waals surface area (Å²) < 4.78 is 4.82. The number of amides is 1. The Bertz CT molecular complexity index is 242. The van der Waals surface area contributed by atoms with Gasteiger partial charge in [-0.15, -0.1) is 4.59 Å². The summed E-state index contributed by atoms with van der Waals surface area (Å²) in [7, 11) is 1.61. The van der Waals surface area contributed by atoms with Crippen LogP contribution in [0.1, 0.15) is 41.0 Å². The Kier molecular flexibility index (Phi) is 3.90. The minimum Gasteiger partial charge on any atom is -0.397 e. The molecule has 0 aromatic heterocycles. The fraction of sp³-hybridized carbons (Fsp3) is 0.900. The third-order valence-corrected chi connectivity index (χ3v) is 2.80. The topological polar surface area (TPSA) is 78.3 Å². The molecule has 2 unspecified atom stereocenters. The number of carbonyl (C=O) groups is 1. The minimum absolute atomic E-state index is 0.347. The summed E-state index contributed by atoms with van der Waals surface area (Å²) in [6.07, 6.45) is 0.0254. The summed E-state index contributed by atoms with van der Waals surface area (Å²) in [5, 5.41) is 0. The lowest BCUT2D eigenvalue weighted by Crippen LogP contribution is -2.67. The molecule has 0 spiro atoms. The highest BCUT2D eigenvalue weighted by atomic mass is 16.6. The standard InChI is InChI=1S/C10H24N3O2/c1-7-10(5,11)15-8(14)13(6,12)9(2,3)4/h7,11-12H2,1-6H3/q+1. The first-order chi connectivity index (χ1) is 6.44. The van der Waals surface area contributed by atoms with Crippen molar-refractivity contribution in [3.63, 3.8) is 0 Å². The van der Waals surface area contributed by atoms with Gasteiger partial charge < -0.3 is 4.74 Å². The van der Waals surface area contributed by atoms with Gasteiger partial charge in [0, 0.05) is 0 Å². The predicted octanol–water partition coefficient (Wildman–Crippen LogP) is 1.33. The number of rotatable bonds is 2. The van der Waals surface area contributed by atoms with E-state index in [1.165, 1.54) is 0 Å². The maximum absolute atomic E-state index is 11.8. The summed E-state index contributed by atoms with van der Waals surface area (Å²) in [6.45, 7) is 9.12. The van der Waals surface area contributed by atoms with Crippen molar-refractivity contribution in [3.8, 4) is 0 Å². The predicted molar refractivity (Wildman–Crippen MR) is 59.5 cm³/mol. The van der Waals surface area contributed by atoms with E-state index in [1.54, 1.807) is 14.0 Å². The van der Waals surface area contributed by atoms with E-state index in [0.717, 1.165) is 0 Å². The minimum atomic E-state index is -0.957. The van der Waals surface area contributed by atoms with Crippen molar-refractivity contribution in [1.82, 2.24) is 0 Å². The van der Waals surface area contributed by atoms with Crippen LogP contribution in [0.4, 0.5) is 4.79 Å². The van der Waals surface area contributed by atoms with Crippen molar-refractivity contribution in [2.75, 3.05) is 7.05 Å². The number of hydrogen-bond acceptors (Lipinski definition) is 4. The maximum atomic E-state index is 11.8. The number of nitrogens with two attached hydrogens (primary N) is 2. The quantitative estimate of drug-likeness (QED) is 0.241. The van der Waals surface area contributed by atoms with Gasteiger partial charge in [-0.2, -0.15) is 10.6 Å². The van der Waals surface area contributed by atoms with Crippen LogP contribution in [0.25, 0.3) is 0 Å². The molecule has 0 aromatic rings. The molecule has 5 nitrogen and oxygen atoms in total. The lowest BCUT2D eigenvalue weighted by Gasteiger charge is -2.38. The molecule has 0 saturated heterocycles. The molecule has 2 atom stereocenters. The Morgan fingerprint density at radius 1 is 1.33 bits per heavy atom. The van der Waals surface area contributed by atoms with Gasteiger partial charge in [0.2, 0.25) is 0 Å². The smallest absolute Gasteiger partial charge is 0.397 e. The molecule has 0 aromatic carbocycles. The van der Waals surface area contributed by atoms with Crippen LogP contribution in [0.3, 0.4) is 0 Å². The summed E-state index contributed by atoms with van der Waals surface area (Å²) in [4.78, 5) is 11.8. The molecule has 5 heteroatoms. The second kappa shape index (κ2) is 4.08. The second-order valence-corrected chi connectivity index (χ2v) is 5.28. The highest BCUT2D eigenvalue weighted by Crippen LogP contribution is 2.20. The first-order valence-electron chi connectivity index (χ1n) is 5.11. The monoisotopic (exact) mass is 218 g/mol. The maximum Gasteiger partial charge on any atom is 0.537 e. The molecule has 4 N–H and O–H groups in total. The van der Waals surface area contributed by atoms with Crippen LogP contribution < -0.4 is 11.6 Å². The van der Waals surface area contributed by atoms with Crippen molar-refractivity contribution in [3.05, 3.63) is 0 Å². The lowest BCUT2D eigenvalue weighted by atomic mass is 10.1. The van der Waals surface area contributed by atoms with Crippen LogP contribution in [-0.2, 0) is 4.74 Å². The third kappa shape index (κ3) is 3.44. The van der Waals surface area contributed by atoms with Crippen LogP contribution in [0.5, 0.6) is 0 Å². The van der Waals surface area contributed by atoms with E-state index in [4.69, 9.17) is 16.3 Å². The zero-order valence-corrected chi connectivity index (χ0v) is 10.6. The number of nitrogens with zero attached hydrogens (tertiary/aromatic N) is 1. The zero-order valence-electron chi connectivity index (χ0n) is 10.6. The van der Waals surface area contributed by atoms with E-state index in [1.807, 2.05) is 27.7 Å². The highest BCUT2D eigenvalue weighted by molar-refractivity contribution is 5.60. The van der Waals surface area contributed by atoms with Crippen LogP contribution >= 0.6 is 0 Å². The van der Waals surface area contributed by atoms with E-state index in [0.29, 0.717) is 6.42 Å². The van der Waals surface area contributed by atoms with Crippen molar-refractivity contribution in [2.24, 2.45) is 11.6 Å². The Morgan fingerprint density at radius 3 is 2.00 bits per heavy atom. The van der Waals surface area contributed by atoms with Crippen molar-refractivity contribution >= 4 is 6.09 Å². The molecule has 0 rings (SSSR count). The normalized spacial score (nSPS) is 20.3. The third-order valence-electron chi connectivity index (χ3n) is 2.80. The van der Waals surface area contributed by atoms with E-state index >= 15 is 0 Å². The van der Waals surface area contributed by atoms with Gasteiger partial charge in [0.15, 0.2) is 5.72 Å². The van der Waals surface area contributed by atoms with E-state index in [9.17, 15) is 4.79 Å². The molecule has 0 saturated carbocycles. The summed E-state index contributed by atoms with van der Waals surface area (Å²) in [6, 6.07) is 0. The fourth-order valence-electron chi connectivity index (χ4n) is 0.640. The van der Waals surface area contributed by atoms with Crippen LogP contribution in [0, 0.1) is 0 Å². The van der Waals surface area contributed by atoms with Gasteiger partial charge in [-0.3, -0.25) is 5.73 Å². The van der Waals surface area contributed by atoms with Crippen molar-refractivity contribution in [1.29, 1.82) is 0 Å². The molecule has 0 heterocycles. The second-order valence-electron chi connectivity index (χ2n) is 5.28. The van der Waals surface area contributed by atoms with Gasteiger partial charge in [-0.1, -0.05) is 6.92 Å². The van der Waals surface area contributed by atoms with Crippen molar-refractivity contribution in [2.45, 2.75) is 52.3 Å². The molecule has 0 aliphatic heterocycles. The average molecular weight is 218 g/mol. The molecule has 0 radical (unpaired) electrons. The Morgan fingerprint density at radius 2 is 1.73 bits per heavy atom. The van der Waals surface area contributed by atoms with Gasteiger partial charge in [0.1, 0.15) is 5.54 Å². The molecular formula is C10H24N3O2+. The molecule has 0 aliphatic rings. The molecule has 1 amide bonds. The lowest BCUT2D eigenvalue weighted by molar-refractivity contribution is -0.897. The van der Waals surface area contributed by atoms with E-state index in [2.05, 4.69) is 0 Å². The summed E-state index contributed by atoms with van der Waals surface area (Å²) >= 11 is 0. The molecule has 0 aliphatic carbocycles. The molecule has 15 heavy (non-hydrogen) atoms. The molecule has 0 bridgehead atoms. The Hall–Kier alpha value is -0.650. The number of ether oxygens (including phenoxy) is 1. The molecular weight excluding hydrogens is 194 g/mol. The molecule has 90 valence electrons. The first kappa shape index (κ1) is 14.3.